The van der Waals surface area contributed by atoms with Gasteiger partial charge >= 0.3 is 5.97 Å². The molecule has 0 amide bonds. The second-order valence-electron chi connectivity index (χ2n) is 5.36. The molecule has 1 fully saturated rings. The third-order valence-corrected chi connectivity index (χ3v) is 5.48. The minimum absolute atomic E-state index is 0.329. The SMILES string of the molecule is CCc1nc2ccc(C(=O)O)cc2n1CC1(SC)CC1. The van der Waals surface area contributed by atoms with Crippen LogP contribution in [0.3, 0.4) is 0 Å². The van der Waals surface area contributed by atoms with Crippen molar-refractivity contribution in [3.05, 3.63) is 29.6 Å². The molecule has 0 radical (unpaired) electrons. The van der Waals surface area contributed by atoms with Gasteiger partial charge in [-0.1, -0.05) is 6.92 Å². The molecule has 2 aromatic rings. The number of thioether (sulfide) groups is 1. The lowest BCUT2D eigenvalue weighted by Gasteiger charge is -2.16. The molecule has 1 aliphatic carbocycles. The average Bonchev–Trinajstić information content (AvgIpc) is 3.14. The number of aromatic nitrogens is 2. The van der Waals surface area contributed by atoms with E-state index in [0.717, 1.165) is 29.8 Å². The smallest absolute Gasteiger partial charge is 0.335 e. The minimum atomic E-state index is -0.885. The van der Waals surface area contributed by atoms with Crippen LogP contribution in [0, 0.1) is 0 Å². The fourth-order valence-electron chi connectivity index (χ4n) is 2.61. The molecule has 1 aromatic carbocycles. The van der Waals surface area contributed by atoms with E-state index < -0.39 is 5.97 Å². The predicted octanol–water partition coefficient (Wildman–Crippen LogP) is 3.19. The van der Waals surface area contributed by atoms with Gasteiger partial charge in [0.2, 0.25) is 0 Å². The molecular formula is C15H18N2O2S. The van der Waals surface area contributed by atoms with E-state index in [0.29, 0.717) is 10.3 Å². The Morgan fingerprint density at radius 1 is 1.50 bits per heavy atom. The van der Waals surface area contributed by atoms with Crippen LogP contribution in [0.5, 0.6) is 0 Å². The Hall–Kier alpha value is -1.49. The van der Waals surface area contributed by atoms with E-state index in [9.17, 15) is 4.79 Å². The third kappa shape index (κ3) is 2.20. The van der Waals surface area contributed by atoms with Crippen molar-refractivity contribution in [3.8, 4) is 0 Å². The quantitative estimate of drug-likeness (QED) is 0.919. The number of benzene rings is 1. The Bertz CT molecular complexity index is 674. The number of carboxylic acids is 1. The fourth-order valence-corrected chi connectivity index (χ4v) is 3.37. The van der Waals surface area contributed by atoms with Gasteiger partial charge in [-0.05, 0) is 37.3 Å². The Morgan fingerprint density at radius 3 is 2.80 bits per heavy atom. The number of nitrogens with zero attached hydrogens (tertiary/aromatic N) is 2. The van der Waals surface area contributed by atoms with E-state index >= 15 is 0 Å². The Balaban J connectivity index is 2.11. The lowest BCUT2D eigenvalue weighted by molar-refractivity contribution is 0.0697. The van der Waals surface area contributed by atoms with Gasteiger partial charge in [0.25, 0.3) is 0 Å². The minimum Gasteiger partial charge on any atom is -0.478 e. The second-order valence-corrected chi connectivity index (χ2v) is 6.64. The summed E-state index contributed by atoms with van der Waals surface area (Å²) in [6.45, 7) is 3.02. The number of imidazole rings is 1. The molecular weight excluding hydrogens is 272 g/mol. The van der Waals surface area contributed by atoms with Gasteiger partial charge in [-0.15, -0.1) is 0 Å². The zero-order valence-corrected chi connectivity index (χ0v) is 12.5. The van der Waals surface area contributed by atoms with Crippen LogP contribution >= 0.6 is 11.8 Å². The zero-order chi connectivity index (χ0) is 14.3. The summed E-state index contributed by atoms with van der Waals surface area (Å²) in [6, 6.07) is 5.19. The normalized spacial score (nSPS) is 16.5. The van der Waals surface area contributed by atoms with Crippen molar-refractivity contribution in [1.82, 2.24) is 9.55 Å². The topological polar surface area (TPSA) is 55.1 Å². The van der Waals surface area contributed by atoms with Gasteiger partial charge in [0, 0.05) is 17.7 Å². The fraction of sp³-hybridized carbons (Fsp3) is 0.467. The largest absolute Gasteiger partial charge is 0.478 e. The lowest BCUT2D eigenvalue weighted by Crippen LogP contribution is -2.15. The standard InChI is InChI=1S/C15H18N2O2S/c1-3-13-16-11-5-4-10(14(18)19)8-12(11)17(13)9-15(20-2)6-7-15/h4-5,8H,3,6-7,9H2,1-2H3,(H,18,19). The molecule has 1 N–H and O–H groups in total. The van der Waals surface area contributed by atoms with E-state index in [1.807, 2.05) is 17.8 Å². The van der Waals surface area contributed by atoms with Crippen LogP contribution in [0.1, 0.15) is 35.9 Å². The molecule has 0 atom stereocenters. The third-order valence-electron chi connectivity index (χ3n) is 4.08. The number of hydrogen-bond acceptors (Lipinski definition) is 3. The second kappa shape index (κ2) is 4.81. The van der Waals surface area contributed by atoms with E-state index in [4.69, 9.17) is 5.11 Å². The maximum absolute atomic E-state index is 11.2. The first kappa shape index (κ1) is 13.5. The van der Waals surface area contributed by atoms with E-state index in [2.05, 4.69) is 22.7 Å². The molecule has 3 rings (SSSR count). The molecule has 1 heterocycles. The first-order chi connectivity index (χ1) is 9.58. The van der Waals surface area contributed by atoms with Gasteiger partial charge in [-0.2, -0.15) is 11.8 Å². The van der Waals surface area contributed by atoms with Gasteiger partial charge in [-0.25, -0.2) is 9.78 Å². The number of rotatable bonds is 5. The zero-order valence-electron chi connectivity index (χ0n) is 11.7. The van der Waals surface area contributed by atoms with Crippen molar-refractivity contribution in [2.24, 2.45) is 0 Å². The maximum atomic E-state index is 11.2. The van der Waals surface area contributed by atoms with E-state index in [-0.39, 0.29) is 0 Å². The lowest BCUT2D eigenvalue weighted by atomic mass is 10.2. The molecule has 0 bridgehead atoms. The van der Waals surface area contributed by atoms with Crippen LogP contribution in [0.4, 0.5) is 0 Å². The first-order valence-corrected chi connectivity index (χ1v) is 8.08. The molecule has 0 saturated heterocycles. The van der Waals surface area contributed by atoms with Gasteiger partial charge in [-0.3, -0.25) is 0 Å². The summed E-state index contributed by atoms with van der Waals surface area (Å²) in [5.41, 5.74) is 2.17. The van der Waals surface area contributed by atoms with E-state index in [1.54, 1.807) is 12.1 Å². The molecule has 0 unspecified atom stereocenters. The van der Waals surface area contributed by atoms with Crippen LogP contribution in [0.15, 0.2) is 18.2 Å². The van der Waals surface area contributed by atoms with Crippen LogP contribution < -0.4 is 0 Å². The molecule has 20 heavy (non-hydrogen) atoms. The average molecular weight is 290 g/mol. The molecule has 5 heteroatoms. The number of fused-ring (bicyclic) bond motifs is 1. The van der Waals surface area contributed by atoms with Crippen LogP contribution in [0.25, 0.3) is 11.0 Å². The summed E-state index contributed by atoms with van der Waals surface area (Å²) in [4.78, 5) is 15.8. The highest BCUT2D eigenvalue weighted by atomic mass is 32.2. The van der Waals surface area contributed by atoms with Crippen molar-refractivity contribution in [1.29, 1.82) is 0 Å². The van der Waals surface area contributed by atoms with Gasteiger partial charge in [0.15, 0.2) is 0 Å². The van der Waals surface area contributed by atoms with Crippen LogP contribution in [0.2, 0.25) is 0 Å². The summed E-state index contributed by atoms with van der Waals surface area (Å²) < 4.78 is 2.54. The first-order valence-electron chi connectivity index (χ1n) is 6.86. The maximum Gasteiger partial charge on any atom is 0.335 e. The summed E-state index contributed by atoms with van der Waals surface area (Å²) in [5, 5.41) is 9.16. The summed E-state index contributed by atoms with van der Waals surface area (Å²) in [5.74, 6) is 0.159. The van der Waals surface area contributed by atoms with Gasteiger partial charge in [0.1, 0.15) is 5.82 Å². The van der Waals surface area contributed by atoms with Crippen molar-refractivity contribution in [2.75, 3.05) is 6.26 Å². The highest BCUT2D eigenvalue weighted by Crippen LogP contribution is 2.49. The number of aryl methyl sites for hydroxylation is 1. The molecule has 1 aromatic heterocycles. The Labute approximate surface area is 122 Å². The molecule has 4 nitrogen and oxygen atoms in total. The van der Waals surface area contributed by atoms with Crippen LogP contribution in [-0.2, 0) is 13.0 Å². The van der Waals surface area contributed by atoms with Crippen molar-refractivity contribution in [3.63, 3.8) is 0 Å². The number of aromatic carboxylic acids is 1. The summed E-state index contributed by atoms with van der Waals surface area (Å²) in [7, 11) is 0. The van der Waals surface area contributed by atoms with Crippen LogP contribution in [-0.4, -0.2) is 31.6 Å². The van der Waals surface area contributed by atoms with Crippen molar-refractivity contribution >= 4 is 28.8 Å². The number of carbonyl (C=O) groups is 1. The summed E-state index contributed by atoms with van der Waals surface area (Å²) in [6.07, 6.45) is 5.48. The summed E-state index contributed by atoms with van der Waals surface area (Å²) >= 11 is 1.91. The Kier molecular flexibility index (Phi) is 3.24. The molecule has 1 aliphatic rings. The van der Waals surface area contributed by atoms with Crippen molar-refractivity contribution in [2.45, 2.75) is 37.5 Å². The van der Waals surface area contributed by atoms with E-state index in [1.165, 1.54) is 12.8 Å². The number of hydrogen-bond donors (Lipinski definition) is 1. The van der Waals surface area contributed by atoms with Gasteiger partial charge < -0.3 is 9.67 Å². The highest BCUT2D eigenvalue weighted by molar-refractivity contribution is 8.00. The predicted molar refractivity (Wildman–Crippen MR) is 81.6 cm³/mol. The number of carboxylic acid groups (broad SMARTS) is 1. The Morgan fingerprint density at radius 2 is 2.25 bits per heavy atom. The monoisotopic (exact) mass is 290 g/mol. The molecule has 0 aliphatic heterocycles. The van der Waals surface area contributed by atoms with Gasteiger partial charge in [0.05, 0.1) is 16.6 Å². The van der Waals surface area contributed by atoms with Crippen molar-refractivity contribution < 1.29 is 9.90 Å². The molecule has 1 saturated carbocycles. The molecule has 0 spiro atoms. The highest BCUT2D eigenvalue weighted by Gasteiger charge is 2.42. The molecule has 106 valence electrons.